The second kappa shape index (κ2) is 4.75. The lowest BCUT2D eigenvalue weighted by Gasteiger charge is -2.30. The molecule has 0 spiro atoms. The number of hydrogen-bond acceptors (Lipinski definition) is 3. The van der Waals surface area contributed by atoms with Crippen LogP contribution in [0.3, 0.4) is 0 Å². The van der Waals surface area contributed by atoms with Gasteiger partial charge >= 0.3 is 5.97 Å². The highest BCUT2D eigenvalue weighted by Gasteiger charge is 2.20. The van der Waals surface area contributed by atoms with Crippen LogP contribution in [-0.4, -0.2) is 37.4 Å². The van der Waals surface area contributed by atoms with Crippen LogP contribution in [0.4, 0.5) is 5.69 Å². The van der Waals surface area contributed by atoms with Crippen molar-refractivity contribution in [1.29, 1.82) is 0 Å². The van der Waals surface area contributed by atoms with Gasteiger partial charge in [-0.2, -0.15) is 0 Å². The van der Waals surface area contributed by atoms with Crippen LogP contribution in [0.15, 0.2) is 12.1 Å². The average Bonchev–Trinajstić information content (AvgIpc) is 2.28. The van der Waals surface area contributed by atoms with E-state index in [1.165, 1.54) is 0 Å². The molecule has 1 heterocycles. The first kappa shape index (κ1) is 11.9. The predicted molar refractivity (Wildman–Crippen MR) is 65.9 cm³/mol. The summed E-state index contributed by atoms with van der Waals surface area (Å²) in [7, 11) is 0. The molecule has 1 N–H and O–H groups in total. The third-order valence-corrected chi connectivity index (χ3v) is 3.02. The monoisotopic (exact) mass is 235 g/mol. The van der Waals surface area contributed by atoms with E-state index < -0.39 is 5.97 Å². The zero-order valence-electron chi connectivity index (χ0n) is 10.2. The Morgan fingerprint density at radius 3 is 2.53 bits per heavy atom. The number of aryl methyl sites for hydroxylation is 2. The van der Waals surface area contributed by atoms with Gasteiger partial charge in [-0.15, -0.1) is 0 Å². The van der Waals surface area contributed by atoms with Crippen molar-refractivity contribution in [1.82, 2.24) is 0 Å². The molecule has 1 saturated heterocycles. The van der Waals surface area contributed by atoms with Gasteiger partial charge in [-0.3, -0.25) is 0 Å². The fourth-order valence-corrected chi connectivity index (χ4v) is 2.28. The molecule has 1 aliphatic rings. The topological polar surface area (TPSA) is 49.8 Å². The van der Waals surface area contributed by atoms with Gasteiger partial charge in [-0.1, -0.05) is 6.07 Å². The molecule has 1 aliphatic heterocycles. The lowest BCUT2D eigenvalue weighted by atomic mass is 10.0. The van der Waals surface area contributed by atoms with Crippen molar-refractivity contribution in [3.8, 4) is 0 Å². The Hall–Kier alpha value is -1.55. The fraction of sp³-hybridized carbons (Fsp3) is 0.462. The van der Waals surface area contributed by atoms with E-state index in [0.29, 0.717) is 18.8 Å². The average molecular weight is 235 g/mol. The number of rotatable bonds is 2. The maximum atomic E-state index is 11.3. The molecule has 0 saturated carbocycles. The number of aromatic carboxylic acids is 1. The van der Waals surface area contributed by atoms with Crippen molar-refractivity contribution in [3.63, 3.8) is 0 Å². The Bertz CT molecular complexity index is 437. The lowest BCUT2D eigenvalue weighted by Crippen LogP contribution is -2.37. The number of morpholine rings is 1. The molecule has 1 fully saturated rings. The molecule has 0 bridgehead atoms. The minimum Gasteiger partial charge on any atom is -0.478 e. The van der Waals surface area contributed by atoms with E-state index in [2.05, 4.69) is 4.90 Å². The van der Waals surface area contributed by atoms with E-state index in [0.717, 1.165) is 29.9 Å². The Labute approximate surface area is 101 Å². The summed E-state index contributed by atoms with van der Waals surface area (Å²) in [6.45, 7) is 6.66. The van der Waals surface area contributed by atoms with Crippen LogP contribution in [0.2, 0.25) is 0 Å². The normalized spacial score (nSPS) is 16.0. The van der Waals surface area contributed by atoms with Gasteiger partial charge in [0, 0.05) is 13.1 Å². The van der Waals surface area contributed by atoms with Crippen LogP contribution < -0.4 is 4.90 Å². The zero-order valence-corrected chi connectivity index (χ0v) is 10.2. The molecule has 2 rings (SSSR count). The zero-order chi connectivity index (χ0) is 12.4. The van der Waals surface area contributed by atoms with Crippen molar-refractivity contribution in [2.24, 2.45) is 0 Å². The van der Waals surface area contributed by atoms with Crippen LogP contribution in [0, 0.1) is 13.8 Å². The van der Waals surface area contributed by atoms with Crippen molar-refractivity contribution in [3.05, 3.63) is 28.8 Å². The lowest BCUT2D eigenvalue weighted by molar-refractivity contribution is 0.0695. The Morgan fingerprint density at radius 2 is 1.94 bits per heavy atom. The van der Waals surface area contributed by atoms with Gasteiger partial charge in [0.2, 0.25) is 0 Å². The van der Waals surface area contributed by atoms with Crippen LogP contribution in [0.5, 0.6) is 0 Å². The Morgan fingerprint density at radius 1 is 1.29 bits per heavy atom. The van der Waals surface area contributed by atoms with Gasteiger partial charge in [-0.25, -0.2) is 4.79 Å². The van der Waals surface area contributed by atoms with E-state index >= 15 is 0 Å². The number of carboxylic acid groups (broad SMARTS) is 1. The van der Waals surface area contributed by atoms with E-state index in [4.69, 9.17) is 4.74 Å². The first-order valence-corrected chi connectivity index (χ1v) is 5.77. The molecule has 0 aromatic heterocycles. The van der Waals surface area contributed by atoms with Gasteiger partial charge in [0.1, 0.15) is 0 Å². The van der Waals surface area contributed by atoms with Gasteiger partial charge in [0.15, 0.2) is 0 Å². The Kier molecular flexibility index (Phi) is 3.33. The molecule has 4 nitrogen and oxygen atoms in total. The molecule has 0 radical (unpaired) electrons. The highest BCUT2D eigenvalue weighted by atomic mass is 16.5. The van der Waals surface area contributed by atoms with Crippen LogP contribution in [0.1, 0.15) is 21.5 Å². The number of carbonyl (C=O) groups is 1. The minimum atomic E-state index is -0.857. The summed E-state index contributed by atoms with van der Waals surface area (Å²) in [5.74, 6) is -0.857. The van der Waals surface area contributed by atoms with Crippen molar-refractivity contribution < 1.29 is 14.6 Å². The summed E-state index contributed by atoms with van der Waals surface area (Å²) < 4.78 is 5.29. The predicted octanol–water partition coefficient (Wildman–Crippen LogP) is 1.84. The summed E-state index contributed by atoms with van der Waals surface area (Å²) in [5, 5.41) is 9.31. The summed E-state index contributed by atoms with van der Waals surface area (Å²) in [5.41, 5.74) is 3.14. The number of carboxylic acids is 1. The molecule has 0 unspecified atom stereocenters. The number of anilines is 1. The second-order valence-electron chi connectivity index (χ2n) is 4.38. The molecule has 1 aromatic rings. The fourth-order valence-electron chi connectivity index (χ4n) is 2.28. The summed E-state index contributed by atoms with van der Waals surface area (Å²) >= 11 is 0. The van der Waals surface area contributed by atoms with E-state index in [1.54, 1.807) is 0 Å². The van der Waals surface area contributed by atoms with Gasteiger partial charge in [0.25, 0.3) is 0 Å². The molecule has 4 heteroatoms. The number of hydrogen-bond donors (Lipinski definition) is 1. The first-order chi connectivity index (χ1) is 8.09. The largest absolute Gasteiger partial charge is 0.478 e. The second-order valence-corrected chi connectivity index (χ2v) is 4.38. The number of benzene rings is 1. The molecule has 1 aromatic carbocycles. The van der Waals surface area contributed by atoms with Gasteiger partial charge in [0.05, 0.1) is 24.5 Å². The third kappa shape index (κ3) is 2.42. The molecule has 17 heavy (non-hydrogen) atoms. The van der Waals surface area contributed by atoms with E-state index in [1.807, 2.05) is 26.0 Å². The maximum Gasteiger partial charge on any atom is 0.338 e. The molecule has 0 amide bonds. The smallest absolute Gasteiger partial charge is 0.338 e. The van der Waals surface area contributed by atoms with E-state index in [-0.39, 0.29) is 0 Å². The highest BCUT2D eigenvalue weighted by molar-refractivity contribution is 5.96. The number of nitrogens with zero attached hydrogens (tertiary/aromatic N) is 1. The summed E-state index contributed by atoms with van der Waals surface area (Å²) in [4.78, 5) is 13.4. The van der Waals surface area contributed by atoms with Crippen molar-refractivity contribution in [2.45, 2.75) is 13.8 Å². The van der Waals surface area contributed by atoms with Crippen LogP contribution >= 0.6 is 0 Å². The standard InChI is InChI=1S/C13H17NO3/c1-9-7-10(2)12(13(15)16)11(8-9)14-3-5-17-6-4-14/h7-8H,3-6H2,1-2H3,(H,15,16). The molecular weight excluding hydrogens is 218 g/mol. The molecule has 92 valence electrons. The minimum absolute atomic E-state index is 0.414. The van der Waals surface area contributed by atoms with Gasteiger partial charge < -0.3 is 14.7 Å². The van der Waals surface area contributed by atoms with Crippen LogP contribution in [-0.2, 0) is 4.74 Å². The molecular formula is C13H17NO3. The SMILES string of the molecule is Cc1cc(C)c(C(=O)O)c(N2CCOCC2)c1. The highest BCUT2D eigenvalue weighted by Crippen LogP contribution is 2.26. The quantitative estimate of drug-likeness (QED) is 0.849. The van der Waals surface area contributed by atoms with Gasteiger partial charge in [-0.05, 0) is 31.0 Å². The molecule has 0 atom stereocenters. The maximum absolute atomic E-state index is 11.3. The third-order valence-electron chi connectivity index (χ3n) is 3.02. The van der Waals surface area contributed by atoms with E-state index in [9.17, 15) is 9.90 Å². The van der Waals surface area contributed by atoms with Crippen molar-refractivity contribution in [2.75, 3.05) is 31.2 Å². The Balaban J connectivity index is 2.46. The summed E-state index contributed by atoms with van der Waals surface area (Å²) in [6, 6.07) is 3.86. The first-order valence-electron chi connectivity index (χ1n) is 5.77. The summed E-state index contributed by atoms with van der Waals surface area (Å²) in [6.07, 6.45) is 0. The van der Waals surface area contributed by atoms with Crippen LogP contribution in [0.25, 0.3) is 0 Å². The van der Waals surface area contributed by atoms with Crippen molar-refractivity contribution >= 4 is 11.7 Å². The number of ether oxygens (including phenoxy) is 1. The molecule has 0 aliphatic carbocycles.